The molecule has 3 rings (SSSR count). The molecule has 152 valence electrons. The molecule has 0 N–H and O–H groups in total. The fourth-order valence-electron chi connectivity index (χ4n) is 4.39. The second-order valence-corrected chi connectivity index (χ2v) is 8.04. The number of hydrogen-bond donors (Lipinski definition) is 0. The minimum Gasteiger partial charge on any atom is -0.353 e. The molecular formula is C24H30F2O2. The van der Waals surface area contributed by atoms with Crippen LogP contribution in [0.3, 0.4) is 0 Å². The molecule has 0 aliphatic heterocycles. The highest BCUT2D eigenvalue weighted by molar-refractivity contribution is 5.31. The SMILES string of the molecule is COC1(OC)CCC(C(C)Cc2cc(F)c(Cc3ccccc3)cc2F)CC1. The lowest BCUT2D eigenvalue weighted by atomic mass is 9.76. The van der Waals surface area contributed by atoms with Gasteiger partial charge >= 0.3 is 0 Å². The number of benzene rings is 2. The first-order valence-electron chi connectivity index (χ1n) is 10.1. The molecule has 1 aliphatic rings. The van der Waals surface area contributed by atoms with Crippen LogP contribution in [0, 0.1) is 23.5 Å². The van der Waals surface area contributed by atoms with Crippen molar-refractivity contribution in [2.45, 2.75) is 51.2 Å². The van der Waals surface area contributed by atoms with E-state index in [1.807, 2.05) is 30.3 Å². The molecule has 2 aromatic carbocycles. The van der Waals surface area contributed by atoms with Gasteiger partial charge in [0.1, 0.15) is 11.6 Å². The second-order valence-electron chi connectivity index (χ2n) is 8.04. The standard InChI is InChI=1S/C24H30F2O2/c1-17(19-9-11-24(27-2,28-3)12-10-19)13-20-15-23(26)21(16-22(20)25)14-18-7-5-4-6-8-18/h4-8,15-17,19H,9-14H2,1-3H3. The summed E-state index contributed by atoms with van der Waals surface area (Å²) < 4.78 is 40.4. The van der Waals surface area contributed by atoms with Crippen LogP contribution in [0.15, 0.2) is 42.5 Å². The van der Waals surface area contributed by atoms with Crippen LogP contribution in [0.4, 0.5) is 8.78 Å². The Morgan fingerprint density at radius 1 is 0.964 bits per heavy atom. The number of rotatable bonds is 7. The normalized spacial score (nSPS) is 18.2. The lowest BCUT2D eigenvalue weighted by Crippen LogP contribution is -2.39. The highest BCUT2D eigenvalue weighted by Crippen LogP contribution is 2.39. The van der Waals surface area contributed by atoms with Crippen molar-refractivity contribution in [3.8, 4) is 0 Å². The first-order chi connectivity index (χ1) is 13.5. The summed E-state index contributed by atoms with van der Waals surface area (Å²) in [4.78, 5) is 0. The van der Waals surface area contributed by atoms with E-state index in [0.29, 0.717) is 29.9 Å². The van der Waals surface area contributed by atoms with Crippen molar-refractivity contribution in [3.63, 3.8) is 0 Å². The summed E-state index contributed by atoms with van der Waals surface area (Å²) in [6, 6.07) is 12.3. The Balaban J connectivity index is 1.65. The molecule has 0 bridgehead atoms. The van der Waals surface area contributed by atoms with Gasteiger partial charge in [-0.1, -0.05) is 37.3 Å². The maximum Gasteiger partial charge on any atom is 0.167 e. The van der Waals surface area contributed by atoms with Gasteiger partial charge in [-0.2, -0.15) is 0 Å². The molecule has 1 fully saturated rings. The molecule has 0 aromatic heterocycles. The minimum absolute atomic E-state index is 0.278. The molecule has 0 radical (unpaired) electrons. The van der Waals surface area contributed by atoms with Crippen molar-refractivity contribution in [2.75, 3.05) is 14.2 Å². The quantitative estimate of drug-likeness (QED) is 0.549. The largest absolute Gasteiger partial charge is 0.353 e. The van der Waals surface area contributed by atoms with Gasteiger partial charge in [0, 0.05) is 33.5 Å². The molecule has 28 heavy (non-hydrogen) atoms. The van der Waals surface area contributed by atoms with Crippen LogP contribution in [0.2, 0.25) is 0 Å². The molecule has 0 spiro atoms. The van der Waals surface area contributed by atoms with Gasteiger partial charge in [-0.3, -0.25) is 0 Å². The highest BCUT2D eigenvalue weighted by Gasteiger charge is 2.37. The van der Waals surface area contributed by atoms with Crippen LogP contribution in [-0.2, 0) is 22.3 Å². The number of hydrogen-bond acceptors (Lipinski definition) is 2. The van der Waals surface area contributed by atoms with Gasteiger partial charge in [0.15, 0.2) is 5.79 Å². The van der Waals surface area contributed by atoms with Crippen LogP contribution in [0.1, 0.15) is 49.3 Å². The van der Waals surface area contributed by atoms with E-state index < -0.39 is 5.79 Å². The molecule has 1 saturated carbocycles. The van der Waals surface area contributed by atoms with E-state index in [2.05, 4.69) is 6.92 Å². The van der Waals surface area contributed by atoms with Crippen molar-refractivity contribution in [1.29, 1.82) is 0 Å². The van der Waals surface area contributed by atoms with E-state index in [0.717, 1.165) is 31.2 Å². The minimum atomic E-state index is -0.479. The predicted octanol–water partition coefficient (Wildman–Crippen LogP) is 5.91. The van der Waals surface area contributed by atoms with Crippen LogP contribution >= 0.6 is 0 Å². The van der Waals surface area contributed by atoms with Crippen molar-refractivity contribution >= 4 is 0 Å². The molecule has 1 unspecified atom stereocenters. The van der Waals surface area contributed by atoms with Crippen molar-refractivity contribution < 1.29 is 18.3 Å². The van der Waals surface area contributed by atoms with Gasteiger partial charge in [-0.15, -0.1) is 0 Å². The molecule has 2 nitrogen and oxygen atoms in total. The third-order valence-electron chi connectivity index (χ3n) is 6.34. The molecular weight excluding hydrogens is 358 g/mol. The fraction of sp³-hybridized carbons (Fsp3) is 0.500. The number of methoxy groups -OCH3 is 2. The Labute approximate surface area is 166 Å². The van der Waals surface area contributed by atoms with Gasteiger partial charge in [0.25, 0.3) is 0 Å². The van der Waals surface area contributed by atoms with E-state index in [1.54, 1.807) is 14.2 Å². The van der Waals surface area contributed by atoms with Gasteiger partial charge in [-0.25, -0.2) is 8.78 Å². The third-order valence-corrected chi connectivity index (χ3v) is 6.34. The Kier molecular flexibility index (Phi) is 6.84. The maximum absolute atomic E-state index is 14.7. The van der Waals surface area contributed by atoms with Crippen LogP contribution in [0.25, 0.3) is 0 Å². The van der Waals surface area contributed by atoms with Crippen LogP contribution in [-0.4, -0.2) is 20.0 Å². The van der Waals surface area contributed by atoms with Gasteiger partial charge in [-0.05, 0) is 59.9 Å². The molecule has 1 atom stereocenters. The van der Waals surface area contributed by atoms with Crippen molar-refractivity contribution in [1.82, 2.24) is 0 Å². The van der Waals surface area contributed by atoms with E-state index in [4.69, 9.17) is 9.47 Å². The zero-order valence-corrected chi connectivity index (χ0v) is 17.0. The van der Waals surface area contributed by atoms with Gasteiger partial charge < -0.3 is 9.47 Å². The Bertz CT molecular complexity index is 762. The monoisotopic (exact) mass is 388 g/mol. The fourth-order valence-corrected chi connectivity index (χ4v) is 4.39. The summed E-state index contributed by atoms with van der Waals surface area (Å²) in [6.07, 6.45) is 4.56. The summed E-state index contributed by atoms with van der Waals surface area (Å²) in [7, 11) is 3.37. The first kappa shape index (κ1) is 20.9. The van der Waals surface area contributed by atoms with Crippen molar-refractivity contribution in [2.24, 2.45) is 11.8 Å². The van der Waals surface area contributed by atoms with Gasteiger partial charge in [0.2, 0.25) is 0 Å². The highest BCUT2D eigenvalue weighted by atomic mass is 19.1. The molecule has 0 saturated heterocycles. The lowest BCUT2D eigenvalue weighted by molar-refractivity contribution is -0.229. The smallest absolute Gasteiger partial charge is 0.167 e. The van der Waals surface area contributed by atoms with Gasteiger partial charge in [0.05, 0.1) is 0 Å². The third kappa shape index (κ3) is 4.79. The number of halogens is 2. The van der Waals surface area contributed by atoms with Crippen LogP contribution < -0.4 is 0 Å². The van der Waals surface area contributed by atoms with E-state index in [1.165, 1.54) is 12.1 Å². The maximum atomic E-state index is 14.7. The predicted molar refractivity (Wildman–Crippen MR) is 107 cm³/mol. The van der Waals surface area contributed by atoms with E-state index in [9.17, 15) is 8.78 Å². The number of ether oxygens (including phenoxy) is 2. The molecule has 0 heterocycles. The van der Waals surface area contributed by atoms with E-state index in [-0.39, 0.29) is 17.6 Å². The molecule has 4 heteroatoms. The zero-order chi connectivity index (χ0) is 20.1. The lowest BCUT2D eigenvalue weighted by Gasteiger charge is -2.39. The summed E-state index contributed by atoms with van der Waals surface area (Å²) in [5.41, 5.74) is 1.85. The molecule has 2 aromatic rings. The average Bonchev–Trinajstić information content (AvgIpc) is 2.72. The summed E-state index contributed by atoms with van der Waals surface area (Å²) in [5.74, 6) is -0.371. The zero-order valence-electron chi connectivity index (χ0n) is 17.0. The second kappa shape index (κ2) is 9.15. The Morgan fingerprint density at radius 2 is 1.54 bits per heavy atom. The average molecular weight is 388 g/mol. The summed E-state index contributed by atoms with van der Waals surface area (Å²) in [6.45, 7) is 2.13. The topological polar surface area (TPSA) is 18.5 Å². The first-order valence-corrected chi connectivity index (χ1v) is 10.1. The summed E-state index contributed by atoms with van der Waals surface area (Å²) in [5, 5.41) is 0. The molecule has 0 amide bonds. The van der Waals surface area contributed by atoms with E-state index >= 15 is 0 Å². The Hall–Kier alpha value is -1.78. The Morgan fingerprint density at radius 3 is 2.14 bits per heavy atom. The molecule has 1 aliphatic carbocycles. The van der Waals surface area contributed by atoms with Crippen molar-refractivity contribution in [3.05, 3.63) is 70.8 Å². The van der Waals surface area contributed by atoms with Crippen LogP contribution in [0.5, 0.6) is 0 Å². The summed E-state index contributed by atoms with van der Waals surface area (Å²) >= 11 is 0.